The summed E-state index contributed by atoms with van der Waals surface area (Å²) in [5.74, 6) is 0.00270. The summed E-state index contributed by atoms with van der Waals surface area (Å²) in [6.07, 6.45) is 0.962. The van der Waals surface area contributed by atoms with Gasteiger partial charge < -0.3 is 14.8 Å². The molecule has 1 fully saturated rings. The Balaban J connectivity index is 1.80. The average molecular weight is 408 g/mol. The highest BCUT2D eigenvalue weighted by molar-refractivity contribution is 7.89. The van der Waals surface area contributed by atoms with Crippen LogP contribution in [0, 0.1) is 5.82 Å². The minimum Gasteiger partial charge on any atom is -0.493 e. The van der Waals surface area contributed by atoms with Crippen molar-refractivity contribution in [3.63, 3.8) is 0 Å². The van der Waals surface area contributed by atoms with Crippen molar-refractivity contribution in [3.05, 3.63) is 48.3 Å². The smallest absolute Gasteiger partial charge is 0.243 e. The molecule has 2 aromatic carbocycles. The first kappa shape index (κ1) is 20.1. The molecule has 0 unspecified atom stereocenters. The van der Waals surface area contributed by atoms with Crippen LogP contribution >= 0.6 is 0 Å². The van der Waals surface area contributed by atoms with Gasteiger partial charge in [-0.3, -0.25) is 4.79 Å². The van der Waals surface area contributed by atoms with Gasteiger partial charge in [0.05, 0.1) is 19.1 Å². The monoisotopic (exact) mass is 408 g/mol. The van der Waals surface area contributed by atoms with Gasteiger partial charge in [-0.05, 0) is 49.2 Å². The van der Waals surface area contributed by atoms with E-state index in [2.05, 4.69) is 5.32 Å². The van der Waals surface area contributed by atoms with E-state index in [1.165, 1.54) is 26.4 Å². The first-order valence-corrected chi connectivity index (χ1v) is 10.1. The fourth-order valence-electron chi connectivity index (χ4n) is 3.17. The van der Waals surface area contributed by atoms with Gasteiger partial charge in [0.1, 0.15) is 11.9 Å². The van der Waals surface area contributed by atoms with Gasteiger partial charge in [-0.1, -0.05) is 0 Å². The number of methoxy groups -OCH3 is 2. The zero-order chi connectivity index (χ0) is 20.3. The molecular formula is C19H21FN2O5S. The first-order chi connectivity index (χ1) is 13.4. The molecule has 28 heavy (non-hydrogen) atoms. The van der Waals surface area contributed by atoms with Crippen LogP contribution in [0.3, 0.4) is 0 Å². The lowest BCUT2D eigenvalue weighted by Gasteiger charge is -2.23. The molecule has 1 amide bonds. The zero-order valence-electron chi connectivity index (χ0n) is 15.5. The third-order valence-electron chi connectivity index (χ3n) is 4.58. The highest BCUT2D eigenvalue weighted by atomic mass is 32.2. The molecule has 0 aliphatic carbocycles. The van der Waals surface area contributed by atoms with Crippen molar-refractivity contribution in [1.29, 1.82) is 0 Å². The standard InChI is InChI=1S/C19H21FN2O5S/c1-26-17-10-7-14(12-18(17)27-2)21-19(23)16-4-3-11-22(16)28(24,25)15-8-5-13(20)6-9-15/h5-10,12,16H,3-4,11H2,1-2H3,(H,21,23)/t16-/m1/s1. The largest absolute Gasteiger partial charge is 0.493 e. The number of hydrogen-bond acceptors (Lipinski definition) is 5. The molecule has 1 aliphatic rings. The topological polar surface area (TPSA) is 84.9 Å². The van der Waals surface area contributed by atoms with Crippen molar-refractivity contribution in [1.82, 2.24) is 4.31 Å². The number of benzene rings is 2. The number of nitrogens with zero attached hydrogens (tertiary/aromatic N) is 1. The summed E-state index contributed by atoms with van der Waals surface area (Å²) in [5, 5.41) is 2.73. The Morgan fingerprint density at radius 1 is 1.11 bits per heavy atom. The number of rotatable bonds is 6. The number of carbonyl (C=O) groups excluding carboxylic acids is 1. The number of carbonyl (C=O) groups is 1. The Labute approximate surface area is 163 Å². The lowest BCUT2D eigenvalue weighted by molar-refractivity contribution is -0.119. The van der Waals surface area contributed by atoms with Crippen LogP contribution < -0.4 is 14.8 Å². The Kier molecular flexibility index (Phi) is 5.85. The lowest BCUT2D eigenvalue weighted by atomic mass is 10.2. The van der Waals surface area contributed by atoms with Crippen LogP contribution in [-0.2, 0) is 14.8 Å². The summed E-state index contributed by atoms with van der Waals surface area (Å²) < 4.78 is 50.4. The van der Waals surface area contributed by atoms with E-state index in [0.29, 0.717) is 30.0 Å². The average Bonchev–Trinajstić information content (AvgIpc) is 3.19. The van der Waals surface area contributed by atoms with E-state index in [9.17, 15) is 17.6 Å². The van der Waals surface area contributed by atoms with E-state index in [0.717, 1.165) is 16.4 Å². The van der Waals surface area contributed by atoms with E-state index in [1.54, 1.807) is 18.2 Å². The van der Waals surface area contributed by atoms with Gasteiger partial charge in [0, 0.05) is 18.3 Å². The summed E-state index contributed by atoms with van der Waals surface area (Å²) >= 11 is 0. The highest BCUT2D eigenvalue weighted by Crippen LogP contribution is 2.31. The van der Waals surface area contributed by atoms with Crippen molar-refractivity contribution in [2.24, 2.45) is 0 Å². The molecular weight excluding hydrogens is 387 g/mol. The van der Waals surface area contributed by atoms with E-state index >= 15 is 0 Å². The van der Waals surface area contributed by atoms with Gasteiger partial charge in [-0.15, -0.1) is 0 Å². The van der Waals surface area contributed by atoms with Crippen molar-refractivity contribution in [2.45, 2.75) is 23.8 Å². The SMILES string of the molecule is COc1ccc(NC(=O)[C@H]2CCCN2S(=O)(=O)c2ccc(F)cc2)cc1OC. The van der Waals surface area contributed by atoms with Gasteiger partial charge in [0.2, 0.25) is 15.9 Å². The number of ether oxygens (including phenoxy) is 2. The molecule has 150 valence electrons. The van der Waals surface area contributed by atoms with Gasteiger partial charge in [-0.2, -0.15) is 4.31 Å². The van der Waals surface area contributed by atoms with Crippen LogP contribution in [0.5, 0.6) is 11.5 Å². The second-order valence-corrected chi connectivity index (χ2v) is 8.18. The summed E-state index contributed by atoms with van der Waals surface area (Å²) in [7, 11) is -0.914. The maximum Gasteiger partial charge on any atom is 0.243 e. The Morgan fingerprint density at radius 3 is 2.43 bits per heavy atom. The molecule has 9 heteroatoms. The van der Waals surface area contributed by atoms with Gasteiger partial charge >= 0.3 is 0 Å². The minimum absolute atomic E-state index is 0.0419. The highest BCUT2D eigenvalue weighted by Gasteiger charge is 2.39. The fraction of sp³-hybridized carbons (Fsp3) is 0.316. The third kappa shape index (κ3) is 3.95. The number of nitrogens with one attached hydrogen (secondary N) is 1. The molecule has 1 saturated heterocycles. The molecule has 3 rings (SSSR count). The summed E-state index contributed by atoms with van der Waals surface area (Å²) in [6, 6.07) is 8.62. The second-order valence-electron chi connectivity index (χ2n) is 6.29. The van der Waals surface area contributed by atoms with Gasteiger partial charge in [0.25, 0.3) is 0 Å². The molecule has 0 bridgehead atoms. The first-order valence-electron chi connectivity index (χ1n) is 8.67. The van der Waals surface area contributed by atoms with E-state index in [1.807, 2.05) is 0 Å². The summed E-state index contributed by atoms with van der Waals surface area (Å²) in [4.78, 5) is 12.7. The molecule has 1 atom stereocenters. The van der Waals surface area contributed by atoms with Gasteiger partial charge in [-0.25, -0.2) is 12.8 Å². The van der Waals surface area contributed by atoms with Crippen molar-refractivity contribution < 1.29 is 27.1 Å². The number of hydrogen-bond donors (Lipinski definition) is 1. The molecule has 2 aromatic rings. The fourth-order valence-corrected chi connectivity index (χ4v) is 4.83. The number of sulfonamides is 1. The van der Waals surface area contributed by atoms with Crippen molar-refractivity contribution in [2.75, 3.05) is 26.1 Å². The lowest BCUT2D eigenvalue weighted by Crippen LogP contribution is -2.43. The van der Waals surface area contributed by atoms with E-state index < -0.39 is 27.8 Å². The number of anilines is 1. The van der Waals surface area contributed by atoms with Crippen LogP contribution in [-0.4, -0.2) is 45.4 Å². The number of halogens is 1. The quantitative estimate of drug-likeness (QED) is 0.794. The minimum atomic E-state index is -3.90. The number of amides is 1. The zero-order valence-corrected chi connectivity index (χ0v) is 16.3. The summed E-state index contributed by atoms with van der Waals surface area (Å²) in [5.41, 5.74) is 0.466. The maximum absolute atomic E-state index is 13.1. The van der Waals surface area contributed by atoms with Crippen LogP contribution in [0.15, 0.2) is 47.4 Å². The predicted molar refractivity (Wildman–Crippen MR) is 101 cm³/mol. The Morgan fingerprint density at radius 2 is 1.79 bits per heavy atom. The van der Waals surface area contributed by atoms with Gasteiger partial charge in [0.15, 0.2) is 11.5 Å². The maximum atomic E-state index is 13.1. The molecule has 1 N–H and O–H groups in total. The molecule has 0 spiro atoms. The molecule has 0 radical (unpaired) electrons. The van der Waals surface area contributed by atoms with Crippen LogP contribution in [0.25, 0.3) is 0 Å². The van der Waals surface area contributed by atoms with Crippen molar-refractivity contribution >= 4 is 21.6 Å². The third-order valence-corrected chi connectivity index (χ3v) is 6.50. The predicted octanol–water partition coefficient (Wildman–Crippen LogP) is 2.63. The molecule has 1 heterocycles. The van der Waals surface area contributed by atoms with Crippen molar-refractivity contribution in [3.8, 4) is 11.5 Å². The molecule has 0 saturated carbocycles. The Hall–Kier alpha value is -2.65. The second kappa shape index (κ2) is 8.15. The Bertz CT molecular complexity index is 963. The van der Waals surface area contributed by atoms with Crippen LogP contribution in [0.2, 0.25) is 0 Å². The molecule has 7 nitrogen and oxygen atoms in total. The van der Waals surface area contributed by atoms with Crippen LogP contribution in [0.1, 0.15) is 12.8 Å². The van der Waals surface area contributed by atoms with E-state index in [4.69, 9.17) is 9.47 Å². The van der Waals surface area contributed by atoms with Crippen LogP contribution in [0.4, 0.5) is 10.1 Å². The molecule has 0 aromatic heterocycles. The normalized spacial score (nSPS) is 17.3. The molecule has 1 aliphatic heterocycles. The van der Waals surface area contributed by atoms with E-state index in [-0.39, 0.29) is 11.4 Å². The summed E-state index contributed by atoms with van der Waals surface area (Å²) in [6.45, 7) is 0.226.